The number of hydrogen-bond donors (Lipinski definition) is 1. The van der Waals surface area contributed by atoms with Crippen LogP contribution in [0.3, 0.4) is 0 Å². The molecule has 0 saturated heterocycles. The van der Waals surface area contributed by atoms with E-state index in [9.17, 15) is 4.79 Å². The summed E-state index contributed by atoms with van der Waals surface area (Å²) in [6.45, 7) is 5.06. The van der Waals surface area contributed by atoms with Gasteiger partial charge >= 0.3 is 5.97 Å². The Hall–Kier alpha value is -1.35. The van der Waals surface area contributed by atoms with E-state index in [0.29, 0.717) is 5.75 Å². The highest BCUT2D eigenvalue weighted by atomic mass is 16.5. The van der Waals surface area contributed by atoms with E-state index in [4.69, 9.17) is 4.74 Å². The molecule has 0 aliphatic carbocycles. The van der Waals surface area contributed by atoms with Gasteiger partial charge in [0, 0.05) is 0 Å². The number of nitrogens with one attached hydrogen (secondary N) is 1. The van der Waals surface area contributed by atoms with Crippen molar-refractivity contribution in [2.75, 3.05) is 13.1 Å². The lowest BCUT2D eigenvalue weighted by molar-refractivity contribution is -0.133. The molecule has 0 aromatic heterocycles. The molecule has 0 radical (unpaired) electrons. The van der Waals surface area contributed by atoms with Gasteiger partial charge in [0.25, 0.3) is 0 Å². The molecule has 1 rings (SSSR count). The summed E-state index contributed by atoms with van der Waals surface area (Å²) in [5.41, 5.74) is 1.24. The summed E-state index contributed by atoms with van der Waals surface area (Å²) in [5, 5.41) is 2.92. The van der Waals surface area contributed by atoms with E-state index in [2.05, 4.69) is 12.2 Å². The molecule has 0 unspecified atom stereocenters. The van der Waals surface area contributed by atoms with Gasteiger partial charge in [0.1, 0.15) is 5.75 Å². The minimum absolute atomic E-state index is 0.249. The fourth-order valence-electron chi connectivity index (χ4n) is 1.19. The van der Waals surface area contributed by atoms with Crippen LogP contribution in [0.15, 0.2) is 24.3 Å². The number of ether oxygens (including phenoxy) is 1. The maximum atomic E-state index is 11.2. The molecule has 0 saturated carbocycles. The Labute approximate surface area is 90.4 Å². The van der Waals surface area contributed by atoms with Crippen LogP contribution in [0.5, 0.6) is 5.75 Å². The van der Waals surface area contributed by atoms with Gasteiger partial charge in [0.15, 0.2) is 0 Å². The number of carbonyl (C=O) groups is 1. The number of benzene rings is 1. The van der Waals surface area contributed by atoms with E-state index in [0.717, 1.165) is 13.0 Å². The van der Waals surface area contributed by atoms with Crippen LogP contribution in [0.1, 0.15) is 19.4 Å². The minimum Gasteiger partial charge on any atom is -0.426 e. The highest BCUT2D eigenvalue weighted by molar-refractivity contribution is 5.74. The van der Waals surface area contributed by atoms with Crippen molar-refractivity contribution in [3.8, 4) is 5.75 Å². The summed E-state index contributed by atoms with van der Waals surface area (Å²) in [5.74, 6) is 0.358. The van der Waals surface area contributed by atoms with Gasteiger partial charge in [0.05, 0.1) is 6.54 Å². The molecule has 3 nitrogen and oxygen atoms in total. The molecule has 0 amide bonds. The zero-order valence-corrected chi connectivity index (χ0v) is 9.25. The fraction of sp³-hybridized carbons (Fsp3) is 0.417. The predicted octanol–water partition coefficient (Wildman–Crippen LogP) is 1.76. The third kappa shape index (κ3) is 4.13. The first-order valence-corrected chi connectivity index (χ1v) is 5.26. The highest BCUT2D eigenvalue weighted by Crippen LogP contribution is 2.12. The van der Waals surface area contributed by atoms with E-state index < -0.39 is 0 Å². The van der Waals surface area contributed by atoms with Gasteiger partial charge in [-0.3, -0.25) is 4.79 Å². The zero-order chi connectivity index (χ0) is 11.1. The number of hydrogen-bond acceptors (Lipinski definition) is 3. The van der Waals surface area contributed by atoms with Gasteiger partial charge in [-0.05, 0) is 30.7 Å². The molecule has 0 aliphatic heterocycles. The van der Waals surface area contributed by atoms with Gasteiger partial charge in [-0.1, -0.05) is 26.0 Å². The van der Waals surface area contributed by atoms with Crippen molar-refractivity contribution >= 4 is 5.97 Å². The summed E-state index contributed by atoms with van der Waals surface area (Å²) in [6.07, 6.45) is 0.992. The average molecular weight is 207 g/mol. The van der Waals surface area contributed by atoms with Gasteiger partial charge in [-0.25, -0.2) is 0 Å². The van der Waals surface area contributed by atoms with Gasteiger partial charge < -0.3 is 10.1 Å². The Morgan fingerprint density at radius 3 is 2.47 bits per heavy atom. The van der Waals surface area contributed by atoms with Crippen molar-refractivity contribution in [2.45, 2.75) is 20.3 Å². The maximum Gasteiger partial charge on any atom is 0.325 e. The third-order valence-electron chi connectivity index (χ3n) is 2.08. The van der Waals surface area contributed by atoms with Crippen LogP contribution < -0.4 is 10.1 Å². The van der Waals surface area contributed by atoms with E-state index >= 15 is 0 Å². The Morgan fingerprint density at radius 2 is 1.93 bits per heavy atom. The predicted molar refractivity (Wildman–Crippen MR) is 60.0 cm³/mol. The van der Waals surface area contributed by atoms with Gasteiger partial charge in [0.2, 0.25) is 0 Å². The molecule has 82 valence electrons. The summed E-state index contributed by atoms with van der Waals surface area (Å²) in [6, 6.07) is 7.58. The largest absolute Gasteiger partial charge is 0.426 e. The molecular weight excluding hydrogens is 190 g/mol. The average Bonchev–Trinajstić information content (AvgIpc) is 2.27. The summed E-state index contributed by atoms with van der Waals surface area (Å²) < 4.78 is 5.11. The number of carbonyl (C=O) groups excluding carboxylic acids is 1. The van der Waals surface area contributed by atoms with Crippen molar-refractivity contribution < 1.29 is 9.53 Å². The molecule has 1 aromatic rings. The van der Waals surface area contributed by atoms with Crippen LogP contribution in [0.2, 0.25) is 0 Å². The van der Waals surface area contributed by atoms with Crippen LogP contribution in [-0.4, -0.2) is 19.1 Å². The van der Waals surface area contributed by atoms with E-state index in [1.165, 1.54) is 5.56 Å². The Balaban J connectivity index is 2.46. The first kappa shape index (κ1) is 11.7. The fourth-order valence-corrected chi connectivity index (χ4v) is 1.19. The number of rotatable bonds is 5. The second kappa shape index (κ2) is 6.19. The first-order chi connectivity index (χ1) is 7.26. The molecule has 1 N–H and O–H groups in total. The standard InChI is InChI=1S/C12H17NO2/c1-3-10-5-7-11(8-6-10)15-12(14)9-13-4-2/h5-8,13H,3-4,9H2,1-2H3. The SMILES string of the molecule is CCNCC(=O)Oc1ccc(CC)cc1. The van der Waals surface area contributed by atoms with Crippen LogP contribution in [-0.2, 0) is 11.2 Å². The van der Waals surface area contributed by atoms with Crippen LogP contribution in [0.25, 0.3) is 0 Å². The molecule has 0 bridgehead atoms. The van der Waals surface area contributed by atoms with Crippen LogP contribution >= 0.6 is 0 Å². The Kier molecular flexibility index (Phi) is 4.84. The summed E-state index contributed by atoms with van der Waals surface area (Å²) in [7, 11) is 0. The molecule has 0 aliphatic rings. The Morgan fingerprint density at radius 1 is 1.27 bits per heavy atom. The molecule has 0 fully saturated rings. The second-order valence-corrected chi connectivity index (χ2v) is 3.25. The highest BCUT2D eigenvalue weighted by Gasteiger charge is 2.02. The molecule has 0 atom stereocenters. The lowest BCUT2D eigenvalue weighted by Crippen LogP contribution is -2.26. The van der Waals surface area contributed by atoms with Crippen LogP contribution in [0, 0.1) is 0 Å². The van der Waals surface area contributed by atoms with Crippen molar-refractivity contribution in [3.63, 3.8) is 0 Å². The van der Waals surface area contributed by atoms with E-state index in [1.54, 1.807) is 0 Å². The molecule has 0 heterocycles. The number of esters is 1. The molecular formula is C12H17NO2. The lowest BCUT2D eigenvalue weighted by atomic mass is 10.2. The molecule has 3 heteroatoms. The minimum atomic E-state index is -0.249. The molecule has 0 spiro atoms. The maximum absolute atomic E-state index is 11.2. The number of likely N-dealkylation sites (N-methyl/N-ethyl adjacent to an activating group) is 1. The molecule has 15 heavy (non-hydrogen) atoms. The monoisotopic (exact) mass is 207 g/mol. The third-order valence-corrected chi connectivity index (χ3v) is 2.08. The Bertz CT molecular complexity index is 306. The summed E-state index contributed by atoms with van der Waals surface area (Å²) >= 11 is 0. The van der Waals surface area contributed by atoms with Crippen molar-refractivity contribution in [2.24, 2.45) is 0 Å². The first-order valence-electron chi connectivity index (χ1n) is 5.26. The van der Waals surface area contributed by atoms with Gasteiger partial charge in [-0.2, -0.15) is 0 Å². The number of aryl methyl sites for hydroxylation is 1. The normalized spacial score (nSPS) is 10.0. The summed E-state index contributed by atoms with van der Waals surface area (Å²) in [4.78, 5) is 11.2. The van der Waals surface area contributed by atoms with E-state index in [1.807, 2.05) is 31.2 Å². The van der Waals surface area contributed by atoms with Crippen molar-refractivity contribution in [1.29, 1.82) is 0 Å². The van der Waals surface area contributed by atoms with Crippen molar-refractivity contribution in [3.05, 3.63) is 29.8 Å². The van der Waals surface area contributed by atoms with Crippen LogP contribution in [0.4, 0.5) is 0 Å². The van der Waals surface area contributed by atoms with E-state index in [-0.39, 0.29) is 12.5 Å². The molecule has 1 aromatic carbocycles. The van der Waals surface area contributed by atoms with Gasteiger partial charge in [-0.15, -0.1) is 0 Å². The lowest BCUT2D eigenvalue weighted by Gasteiger charge is -2.05. The second-order valence-electron chi connectivity index (χ2n) is 3.25. The zero-order valence-electron chi connectivity index (χ0n) is 9.25. The quantitative estimate of drug-likeness (QED) is 0.590. The van der Waals surface area contributed by atoms with Crippen molar-refractivity contribution in [1.82, 2.24) is 5.32 Å². The topological polar surface area (TPSA) is 38.3 Å². The smallest absolute Gasteiger partial charge is 0.325 e.